The summed E-state index contributed by atoms with van der Waals surface area (Å²) >= 11 is 0. The first-order valence-corrected chi connectivity index (χ1v) is 7.61. The molecule has 2 rings (SSSR count). The first-order valence-electron chi connectivity index (χ1n) is 7.61. The summed E-state index contributed by atoms with van der Waals surface area (Å²) in [4.78, 5) is 18.4. The van der Waals surface area contributed by atoms with Crippen LogP contribution in [0.5, 0.6) is 0 Å². The van der Waals surface area contributed by atoms with Crippen LogP contribution in [-0.4, -0.2) is 61.6 Å². The number of amides is 1. The van der Waals surface area contributed by atoms with E-state index in [2.05, 4.69) is 27.1 Å². The predicted molar refractivity (Wildman–Crippen MR) is 86.1 cm³/mol. The van der Waals surface area contributed by atoms with E-state index >= 15 is 0 Å². The van der Waals surface area contributed by atoms with Crippen molar-refractivity contribution in [1.29, 1.82) is 0 Å². The lowest BCUT2D eigenvalue weighted by Gasteiger charge is -2.28. The number of carbonyl (C=O) groups excluding carboxylic acids is 1. The molecule has 0 fully saturated rings. The van der Waals surface area contributed by atoms with Gasteiger partial charge in [-0.1, -0.05) is 5.73 Å². The Hall–Kier alpha value is -1.84. The first kappa shape index (κ1) is 16.5. The minimum Gasteiger partial charge on any atom is -0.444 e. The van der Waals surface area contributed by atoms with Crippen molar-refractivity contribution in [2.24, 2.45) is 4.99 Å². The predicted octanol–water partition coefficient (Wildman–Crippen LogP) is 1.06. The smallest absolute Gasteiger partial charge is 0.410 e. The summed E-state index contributed by atoms with van der Waals surface area (Å²) in [6.07, 6.45) is 1.55. The van der Waals surface area contributed by atoms with Crippen LogP contribution in [0.15, 0.2) is 28.2 Å². The van der Waals surface area contributed by atoms with Crippen molar-refractivity contribution in [2.45, 2.75) is 26.4 Å². The molecule has 0 atom stereocenters. The second kappa shape index (κ2) is 7.43. The summed E-state index contributed by atoms with van der Waals surface area (Å²) in [5.41, 5.74) is 7.27. The van der Waals surface area contributed by atoms with Gasteiger partial charge < -0.3 is 20.3 Å². The van der Waals surface area contributed by atoms with Gasteiger partial charge in [0.15, 0.2) is 0 Å². The number of nitrogens with one attached hydrogen (secondary N) is 2. The molecule has 2 aliphatic rings. The van der Waals surface area contributed by atoms with Gasteiger partial charge in [-0.15, -0.1) is 0 Å². The van der Waals surface area contributed by atoms with Gasteiger partial charge in [-0.25, -0.2) is 9.79 Å². The summed E-state index contributed by atoms with van der Waals surface area (Å²) in [7, 11) is 0. The van der Waals surface area contributed by atoms with Crippen molar-refractivity contribution < 1.29 is 9.53 Å². The van der Waals surface area contributed by atoms with Crippen molar-refractivity contribution in [1.82, 2.24) is 15.5 Å². The molecule has 22 heavy (non-hydrogen) atoms. The van der Waals surface area contributed by atoms with E-state index in [9.17, 15) is 4.79 Å². The van der Waals surface area contributed by atoms with E-state index in [0.29, 0.717) is 39.3 Å². The molecular weight excluding hydrogens is 280 g/mol. The highest BCUT2D eigenvalue weighted by molar-refractivity contribution is 5.97. The number of aliphatic imine (C=N–C) groups is 1. The molecule has 0 spiro atoms. The molecule has 0 aliphatic carbocycles. The third kappa shape index (κ3) is 5.51. The van der Waals surface area contributed by atoms with Crippen LogP contribution < -0.4 is 10.6 Å². The molecular formula is C16H24N4O2. The Balaban J connectivity index is 1.96. The van der Waals surface area contributed by atoms with Crippen molar-refractivity contribution >= 4 is 11.8 Å². The lowest BCUT2D eigenvalue weighted by Crippen LogP contribution is -2.44. The zero-order valence-electron chi connectivity index (χ0n) is 13.5. The lowest BCUT2D eigenvalue weighted by atomic mass is 10.2. The number of hydrogen-bond donors (Lipinski definition) is 2. The van der Waals surface area contributed by atoms with Crippen LogP contribution in [0.1, 0.15) is 20.8 Å². The Labute approximate surface area is 131 Å². The molecule has 0 aromatic carbocycles. The normalized spacial score (nSPS) is 19.7. The minimum absolute atomic E-state index is 0.273. The molecule has 0 unspecified atom stereocenters. The molecule has 6 nitrogen and oxygen atoms in total. The van der Waals surface area contributed by atoms with Gasteiger partial charge >= 0.3 is 6.09 Å². The van der Waals surface area contributed by atoms with E-state index in [4.69, 9.17) is 4.74 Å². The van der Waals surface area contributed by atoms with Gasteiger partial charge in [-0.05, 0) is 26.5 Å². The highest BCUT2D eigenvalue weighted by Crippen LogP contribution is 2.09. The second-order valence-corrected chi connectivity index (χ2v) is 6.28. The van der Waals surface area contributed by atoms with Crippen LogP contribution in [0.25, 0.3) is 0 Å². The zero-order chi connectivity index (χ0) is 16.0. The van der Waals surface area contributed by atoms with Gasteiger partial charge in [0.05, 0.1) is 5.71 Å². The molecule has 0 aromatic rings. The van der Waals surface area contributed by atoms with Crippen molar-refractivity contribution in [2.75, 3.05) is 39.3 Å². The van der Waals surface area contributed by atoms with Crippen LogP contribution in [-0.2, 0) is 4.74 Å². The fourth-order valence-corrected chi connectivity index (χ4v) is 2.08. The molecule has 120 valence electrons. The van der Waals surface area contributed by atoms with E-state index in [-0.39, 0.29) is 6.09 Å². The Morgan fingerprint density at radius 1 is 1.27 bits per heavy atom. The quantitative estimate of drug-likeness (QED) is 0.657. The van der Waals surface area contributed by atoms with E-state index in [0.717, 1.165) is 11.4 Å². The molecule has 2 bridgehead atoms. The molecule has 2 heterocycles. The number of carbonyl (C=O) groups is 1. The standard InChI is InChI=1S/C16H24N4O2/c1-16(2,3)22-15(21)20-9-7-17-11-13-5-4-6-14(19-13)12-18-8-10-20/h5,17-18H,7-12H2,1-3H3. The Bertz CT molecular complexity index is 547. The number of ether oxygens (including phenoxy) is 1. The first-order chi connectivity index (χ1) is 10.4. The Kier molecular flexibility index (Phi) is 5.58. The van der Waals surface area contributed by atoms with Crippen LogP contribution in [0.2, 0.25) is 0 Å². The van der Waals surface area contributed by atoms with Gasteiger partial charge in [-0.2, -0.15) is 0 Å². The van der Waals surface area contributed by atoms with E-state index in [1.807, 2.05) is 26.8 Å². The van der Waals surface area contributed by atoms with Crippen molar-refractivity contribution in [3.8, 4) is 0 Å². The van der Waals surface area contributed by atoms with Crippen LogP contribution in [0.3, 0.4) is 0 Å². The fourth-order valence-electron chi connectivity index (χ4n) is 2.08. The maximum absolute atomic E-state index is 12.2. The largest absolute Gasteiger partial charge is 0.444 e. The third-order valence-electron chi connectivity index (χ3n) is 3.10. The molecule has 0 radical (unpaired) electrons. The van der Waals surface area contributed by atoms with Crippen LogP contribution in [0.4, 0.5) is 4.79 Å². The van der Waals surface area contributed by atoms with Gasteiger partial charge in [0.1, 0.15) is 11.3 Å². The number of hydrogen-bond acceptors (Lipinski definition) is 5. The van der Waals surface area contributed by atoms with Gasteiger partial charge in [0, 0.05) is 45.3 Å². The summed E-state index contributed by atoms with van der Waals surface area (Å²) in [6, 6.07) is 0. The Morgan fingerprint density at radius 3 is 2.64 bits per heavy atom. The number of rotatable bonds is 0. The van der Waals surface area contributed by atoms with Gasteiger partial charge in [-0.3, -0.25) is 0 Å². The molecule has 0 saturated heterocycles. The molecule has 1 amide bonds. The molecule has 2 N–H and O–H groups in total. The average molecular weight is 304 g/mol. The van der Waals surface area contributed by atoms with Gasteiger partial charge in [0.25, 0.3) is 0 Å². The Morgan fingerprint density at radius 2 is 1.95 bits per heavy atom. The van der Waals surface area contributed by atoms with E-state index < -0.39 is 5.60 Å². The monoisotopic (exact) mass is 304 g/mol. The SMILES string of the molecule is CC(C)(C)OC(=O)N1CCNCC2=C=C=CC(=N2)CNCC1. The fraction of sp³-hybridized carbons (Fsp3) is 0.625. The summed E-state index contributed by atoms with van der Waals surface area (Å²) in [5.74, 6) is 0. The lowest BCUT2D eigenvalue weighted by molar-refractivity contribution is 0.0254. The van der Waals surface area contributed by atoms with Crippen molar-refractivity contribution in [3.05, 3.63) is 23.2 Å². The van der Waals surface area contributed by atoms with E-state index in [1.54, 1.807) is 4.90 Å². The highest BCUT2D eigenvalue weighted by atomic mass is 16.6. The topological polar surface area (TPSA) is 66.0 Å². The maximum Gasteiger partial charge on any atom is 0.410 e. The zero-order valence-corrected chi connectivity index (χ0v) is 13.5. The molecule has 0 saturated carbocycles. The second-order valence-electron chi connectivity index (χ2n) is 6.28. The summed E-state index contributed by atoms with van der Waals surface area (Å²) < 4.78 is 5.45. The maximum atomic E-state index is 12.2. The van der Waals surface area contributed by atoms with Gasteiger partial charge in [0.2, 0.25) is 0 Å². The highest BCUT2D eigenvalue weighted by Gasteiger charge is 2.21. The summed E-state index contributed by atoms with van der Waals surface area (Å²) in [6.45, 7) is 9.47. The molecule has 2 aliphatic heterocycles. The average Bonchev–Trinajstić information content (AvgIpc) is 2.42. The molecule has 0 aromatic heterocycles. The molecule has 6 heteroatoms. The van der Waals surface area contributed by atoms with Crippen LogP contribution in [0, 0.1) is 0 Å². The number of nitrogens with zero attached hydrogens (tertiary/aromatic N) is 2. The summed E-state index contributed by atoms with van der Waals surface area (Å²) in [5, 5.41) is 6.57. The van der Waals surface area contributed by atoms with Crippen molar-refractivity contribution in [3.63, 3.8) is 0 Å². The minimum atomic E-state index is -0.478. The third-order valence-corrected chi connectivity index (χ3v) is 3.10. The number of fused-ring (bicyclic) bond motifs is 1. The van der Waals surface area contributed by atoms with Crippen LogP contribution >= 0.6 is 0 Å². The van der Waals surface area contributed by atoms with E-state index in [1.165, 1.54) is 0 Å².